The highest BCUT2D eigenvalue weighted by Crippen LogP contribution is 2.49. The van der Waals surface area contributed by atoms with Crippen molar-refractivity contribution in [3.8, 4) is 39.1 Å². The van der Waals surface area contributed by atoms with E-state index in [0.717, 1.165) is 193 Å². The molecule has 7 aromatic heterocycles. The lowest BCUT2D eigenvalue weighted by molar-refractivity contribution is 0.616. The zero-order valence-corrected chi connectivity index (χ0v) is 63.0. The molecule has 0 unspecified atom stereocenters. The number of hydrogen-bond acceptors (Lipinski definition) is 8. The molecular weight excluding hydrogens is 1440 g/mol. The van der Waals surface area contributed by atoms with Crippen molar-refractivity contribution in [3.05, 3.63) is 407 Å². The highest BCUT2D eigenvalue weighted by molar-refractivity contribution is 6.28. The smallest absolute Gasteiger partial charge is 0.147 e. The van der Waals surface area contributed by atoms with E-state index in [1.807, 2.05) is 78.9 Å². The van der Waals surface area contributed by atoms with Gasteiger partial charge < -0.3 is 40.9 Å². The van der Waals surface area contributed by atoms with Crippen molar-refractivity contribution in [1.82, 2.24) is 4.57 Å². The minimum atomic E-state index is 0.852. The maximum atomic E-state index is 6.45. The van der Waals surface area contributed by atoms with E-state index in [0.29, 0.717) is 0 Å². The second-order valence-corrected chi connectivity index (χ2v) is 29.7. The molecule has 0 N–H and O–H groups in total. The predicted molar refractivity (Wildman–Crippen MR) is 483 cm³/mol. The summed E-state index contributed by atoms with van der Waals surface area (Å²) in [5.74, 6) is 0. The van der Waals surface area contributed by atoms with E-state index >= 15 is 0 Å². The number of benzene rings is 18. The van der Waals surface area contributed by atoms with Crippen LogP contribution in [0.5, 0.6) is 0 Å². The Morgan fingerprint density at radius 2 is 0.547 bits per heavy atom. The topological polar surface area (TPSA) is 90.3 Å². The van der Waals surface area contributed by atoms with E-state index in [9.17, 15) is 0 Å². The van der Waals surface area contributed by atoms with E-state index in [1.165, 1.54) is 32.9 Å². The van der Waals surface area contributed by atoms with Crippen molar-refractivity contribution in [1.29, 1.82) is 0 Å². The average molecular weight is 1500 g/mol. The summed E-state index contributed by atoms with van der Waals surface area (Å²) in [4.78, 5) is 4.55. The quantitative estimate of drug-likeness (QED) is 0.134. The van der Waals surface area contributed by atoms with E-state index in [1.54, 1.807) is 18.8 Å². The third kappa shape index (κ3) is 11.2. The van der Waals surface area contributed by atoms with Crippen LogP contribution in [0.3, 0.4) is 0 Å². The third-order valence-corrected chi connectivity index (χ3v) is 23.1. The first kappa shape index (κ1) is 66.9. The molecule has 0 bridgehead atoms. The molecule has 550 valence electrons. The Labute approximate surface area is 669 Å². The molecule has 0 saturated heterocycles. The number of rotatable bonds is 10. The Morgan fingerprint density at radius 3 is 1.02 bits per heavy atom. The van der Waals surface area contributed by atoms with Gasteiger partial charge in [0.05, 0.1) is 40.6 Å². The van der Waals surface area contributed by atoms with Gasteiger partial charge in [-0.25, -0.2) is 0 Å². The first-order valence-corrected chi connectivity index (χ1v) is 39.4. The fourth-order valence-electron chi connectivity index (χ4n) is 17.8. The van der Waals surface area contributed by atoms with Crippen LogP contribution in [0, 0.1) is 0 Å². The molecule has 0 amide bonds. The van der Waals surface area contributed by atoms with Crippen molar-refractivity contribution >= 4 is 187 Å². The highest BCUT2D eigenvalue weighted by atomic mass is 16.4. The van der Waals surface area contributed by atoms with E-state index in [2.05, 4.69) is 324 Å². The molecule has 0 spiro atoms. The van der Waals surface area contributed by atoms with Crippen LogP contribution < -0.4 is 9.80 Å². The molecule has 0 aliphatic heterocycles. The third-order valence-electron chi connectivity index (χ3n) is 23.1. The number of anilines is 6. The van der Waals surface area contributed by atoms with Crippen molar-refractivity contribution in [2.24, 2.45) is 0 Å². The van der Waals surface area contributed by atoms with Crippen LogP contribution in [-0.2, 0) is 0 Å². The molecule has 0 radical (unpaired) electrons. The summed E-state index contributed by atoms with van der Waals surface area (Å²) in [6, 6.07) is 136. The van der Waals surface area contributed by atoms with Gasteiger partial charge in [0.1, 0.15) is 50.2 Å². The number of hydrogen-bond donors (Lipinski definition) is 0. The van der Waals surface area contributed by atoms with Gasteiger partial charge in [-0.05, 0) is 225 Å². The molecule has 0 atom stereocenters. The van der Waals surface area contributed by atoms with Gasteiger partial charge in [0.2, 0.25) is 0 Å². The summed E-state index contributed by atoms with van der Waals surface area (Å²) in [7, 11) is 0. The zero-order chi connectivity index (χ0) is 77.0. The van der Waals surface area contributed by atoms with Gasteiger partial charge in [-0.3, -0.25) is 0 Å². The average Bonchev–Trinajstić information content (AvgIpc) is 1.62. The molecule has 7 heterocycles. The normalized spacial score (nSPS) is 11.8. The van der Waals surface area contributed by atoms with Gasteiger partial charge in [-0.1, -0.05) is 212 Å². The minimum Gasteiger partial charge on any atom is -0.464 e. The molecule has 0 aliphatic carbocycles. The molecular formula is C108H67N3O6. The van der Waals surface area contributed by atoms with Crippen LogP contribution in [0.1, 0.15) is 0 Å². The van der Waals surface area contributed by atoms with E-state index in [4.69, 9.17) is 26.5 Å². The second kappa shape index (κ2) is 27.5. The summed E-state index contributed by atoms with van der Waals surface area (Å²) in [5.41, 5.74) is 25.0. The molecule has 0 saturated carbocycles. The van der Waals surface area contributed by atoms with Crippen LogP contribution in [-0.4, -0.2) is 4.57 Å². The summed E-state index contributed by atoms with van der Waals surface area (Å²) in [6.07, 6.45) is 5.29. The Kier molecular flexibility index (Phi) is 15.7. The van der Waals surface area contributed by atoms with Gasteiger partial charge in [0.25, 0.3) is 0 Å². The van der Waals surface area contributed by atoms with Gasteiger partial charge in [0.15, 0.2) is 0 Å². The monoisotopic (exact) mass is 1500 g/mol. The van der Waals surface area contributed by atoms with E-state index in [-0.39, 0.29) is 0 Å². The van der Waals surface area contributed by atoms with Gasteiger partial charge in [-0.2, -0.15) is 0 Å². The van der Waals surface area contributed by atoms with Crippen LogP contribution in [0.15, 0.2) is 434 Å². The van der Waals surface area contributed by atoms with Gasteiger partial charge in [0, 0.05) is 104 Å². The Morgan fingerprint density at radius 1 is 0.197 bits per heavy atom. The fourth-order valence-corrected chi connectivity index (χ4v) is 17.8. The molecule has 18 aromatic carbocycles. The number of fused-ring (bicyclic) bond motifs is 24. The van der Waals surface area contributed by atoms with Crippen molar-refractivity contribution in [2.45, 2.75) is 0 Å². The number of nitrogens with zero attached hydrogens (tertiary/aromatic N) is 3. The van der Waals surface area contributed by atoms with Crippen molar-refractivity contribution in [3.63, 3.8) is 0 Å². The molecule has 0 fully saturated rings. The standard InChI is InChI=1S/C36H21NO2.2C36H23NO2/c1-2-8-24(9-3-1)37-31-12-6-4-10-25(31)30-20-22(14-17-32(30)37)29-21-23-18-19-38-35(23)34-27(29)15-16-28-26-11-5-7-13-33(26)39-36(28)34;1-3-9-26(10-4-1)37(27-11-5-2-6-12-27)28-17-15-24(16-18-28)32-23-25-21-22-38-35(25)34-30(32)19-20-31-29-13-7-8-14-33(29)39-36(31)34;1-3-9-25(10-4-1)37(26-11-5-2-6-12-26)27-17-15-24(16-18-27)32-23-34-31(21-22-38-34)35-29(32)19-20-30-28-13-7-8-14-33(28)39-36(30)35/h1-21H;2*1-23H. The Bertz CT molecular complexity index is 7730. The molecule has 25 aromatic rings. The molecule has 0 aliphatic rings. The number of furan rings is 6. The van der Waals surface area contributed by atoms with Crippen molar-refractivity contribution in [2.75, 3.05) is 9.80 Å². The summed E-state index contributed by atoms with van der Waals surface area (Å²) in [5, 5.41) is 18.9. The Balaban J connectivity index is 0.000000103. The van der Waals surface area contributed by atoms with Gasteiger partial charge >= 0.3 is 0 Å². The SMILES string of the molecule is c1ccc(-n2c3ccccc3c3cc(-c4cc5ccoc5c5c4ccc4c6ccccc6oc45)ccc32)cc1.c1ccc(N(c2ccccc2)c2ccc(-c3cc4ccoc4c4c3ccc3c5ccccc5oc34)cc2)cc1.c1ccc(N(c2ccccc2)c2ccc(-c3cc4occc4c4c3ccc3c5ccccc5oc34)cc2)cc1. The van der Waals surface area contributed by atoms with Crippen LogP contribution in [0.25, 0.3) is 192 Å². The van der Waals surface area contributed by atoms with Crippen LogP contribution >= 0.6 is 0 Å². The number of para-hydroxylation sites is 9. The highest BCUT2D eigenvalue weighted by Gasteiger charge is 2.24. The molecule has 25 rings (SSSR count). The zero-order valence-electron chi connectivity index (χ0n) is 63.0. The van der Waals surface area contributed by atoms with Crippen molar-refractivity contribution < 1.29 is 26.5 Å². The fraction of sp³-hybridized carbons (Fsp3) is 0. The maximum Gasteiger partial charge on any atom is 0.147 e. The Hall–Kier alpha value is -15.8. The first-order valence-electron chi connectivity index (χ1n) is 39.4. The lowest BCUT2D eigenvalue weighted by Crippen LogP contribution is -2.09. The van der Waals surface area contributed by atoms with E-state index < -0.39 is 0 Å². The first-order chi connectivity index (χ1) is 58.0. The lowest BCUT2D eigenvalue weighted by Gasteiger charge is -2.25. The minimum absolute atomic E-state index is 0.852. The molecule has 9 nitrogen and oxygen atoms in total. The summed E-state index contributed by atoms with van der Waals surface area (Å²) >= 11 is 0. The van der Waals surface area contributed by atoms with Crippen LogP contribution in [0.4, 0.5) is 34.1 Å². The molecule has 117 heavy (non-hydrogen) atoms. The molecule has 9 heteroatoms. The maximum absolute atomic E-state index is 6.45. The number of aromatic nitrogens is 1. The largest absolute Gasteiger partial charge is 0.464 e. The second-order valence-electron chi connectivity index (χ2n) is 29.7. The predicted octanol–water partition coefficient (Wildman–Crippen LogP) is 31.5. The summed E-state index contributed by atoms with van der Waals surface area (Å²) in [6.45, 7) is 0. The summed E-state index contributed by atoms with van der Waals surface area (Å²) < 4.78 is 39.6. The van der Waals surface area contributed by atoms with Gasteiger partial charge in [-0.15, -0.1) is 0 Å². The lowest BCUT2D eigenvalue weighted by atomic mass is 9.94. The van der Waals surface area contributed by atoms with Crippen LogP contribution in [0.2, 0.25) is 0 Å².